The molecular weight excluding hydrogens is 333 g/mol. The minimum absolute atomic E-state index is 0. The molecule has 1 amide bonds. The number of amides is 1. The van der Waals surface area contributed by atoms with Gasteiger partial charge in [0.1, 0.15) is 0 Å². The molecule has 4 nitrogen and oxygen atoms in total. The van der Waals surface area contributed by atoms with Crippen LogP contribution in [0, 0.1) is 11.3 Å². The van der Waals surface area contributed by atoms with E-state index in [4.69, 9.17) is 5.73 Å². The Hall–Kier alpha value is -0.0300. The Bertz CT molecular complexity index is 340. The highest BCUT2D eigenvalue weighted by molar-refractivity contribution is 5.85. The molecule has 0 bridgehead atoms. The maximum atomic E-state index is 12.6. The van der Waals surface area contributed by atoms with Gasteiger partial charge in [-0.1, -0.05) is 33.6 Å². The molecule has 2 atom stereocenters. The third-order valence-electron chi connectivity index (χ3n) is 5.82. The summed E-state index contributed by atoms with van der Waals surface area (Å²) in [6.07, 6.45) is 6.49. The Morgan fingerprint density at radius 3 is 2.26 bits per heavy atom. The van der Waals surface area contributed by atoms with E-state index >= 15 is 0 Å². The van der Waals surface area contributed by atoms with E-state index in [1.165, 1.54) is 19.3 Å². The van der Waals surface area contributed by atoms with Gasteiger partial charge in [-0.3, -0.25) is 4.79 Å². The van der Waals surface area contributed by atoms with Crippen molar-refractivity contribution >= 4 is 30.7 Å². The highest BCUT2D eigenvalue weighted by Crippen LogP contribution is 2.35. The van der Waals surface area contributed by atoms with E-state index in [9.17, 15) is 4.79 Å². The normalized spacial score (nSPS) is 24.6. The van der Waals surface area contributed by atoms with Gasteiger partial charge in [-0.15, -0.1) is 24.8 Å². The molecule has 0 heterocycles. The van der Waals surface area contributed by atoms with Crippen LogP contribution >= 0.6 is 24.8 Å². The SMILES string of the molecule is CCC(CC)(CN)C(=O)NCC1(N(C)C)CCCC(C)C1.Cl.Cl. The summed E-state index contributed by atoms with van der Waals surface area (Å²) in [6.45, 7) is 7.60. The van der Waals surface area contributed by atoms with Gasteiger partial charge in [-0.2, -0.15) is 0 Å². The summed E-state index contributed by atoms with van der Waals surface area (Å²) in [7, 11) is 4.28. The molecule has 2 unspecified atom stereocenters. The first-order valence-corrected chi connectivity index (χ1v) is 8.51. The minimum atomic E-state index is -0.395. The second kappa shape index (κ2) is 10.8. The third-order valence-corrected chi connectivity index (χ3v) is 5.82. The number of nitrogens with two attached hydrogens (primary N) is 1. The molecule has 3 N–H and O–H groups in total. The standard InChI is InChI=1S/C17H35N3O.2ClH/c1-6-16(7-2,12-18)15(21)19-13-17(20(4)5)10-8-9-14(3)11-17;;/h14H,6-13,18H2,1-5H3,(H,19,21);2*1H. The molecule has 1 saturated carbocycles. The topological polar surface area (TPSA) is 58.4 Å². The van der Waals surface area contributed by atoms with Gasteiger partial charge < -0.3 is 16.0 Å². The smallest absolute Gasteiger partial charge is 0.227 e. The van der Waals surface area contributed by atoms with Crippen LogP contribution in [0.15, 0.2) is 0 Å². The highest BCUT2D eigenvalue weighted by Gasteiger charge is 2.39. The fourth-order valence-electron chi connectivity index (χ4n) is 3.74. The van der Waals surface area contributed by atoms with E-state index in [0.29, 0.717) is 6.54 Å². The fraction of sp³-hybridized carbons (Fsp3) is 0.941. The monoisotopic (exact) mass is 369 g/mol. The summed E-state index contributed by atoms with van der Waals surface area (Å²) in [5.41, 5.74) is 5.59. The molecule has 1 fully saturated rings. The van der Waals surface area contributed by atoms with Crippen LogP contribution in [0.3, 0.4) is 0 Å². The van der Waals surface area contributed by atoms with Gasteiger partial charge in [0.15, 0.2) is 0 Å². The van der Waals surface area contributed by atoms with Crippen molar-refractivity contribution in [1.29, 1.82) is 0 Å². The average molecular weight is 370 g/mol. The van der Waals surface area contributed by atoms with Crippen molar-refractivity contribution in [3.05, 3.63) is 0 Å². The molecule has 0 radical (unpaired) electrons. The van der Waals surface area contributed by atoms with E-state index < -0.39 is 5.41 Å². The van der Waals surface area contributed by atoms with Crippen LogP contribution in [0.1, 0.15) is 59.3 Å². The Morgan fingerprint density at radius 2 is 1.87 bits per heavy atom. The predicted octanol–water partition coefficient (Wildman–Crippen LogP) is 3.22. The molecule has 0 aliphatic heterocycles. The molecular formula is C17H37Cl2N3O. The maximum absolute atomic E-state index is 12.6. The summed E-state index contributed by atoms with van der Waals surface area (Å²) in [5.74, 6) is 0.865. The summed E-state index contributed by atoms with van der Waals surface area (Å²) in [4.78, 5) is 14.9. The van der Waals surface area contributed by atoms with Gasteiger partial charge in [0, 0.05) is 18.6 Å². The molecule has 0 saturated heterocycles. The first-order chi connectivity index (χ1) is 9.85. The number of nitrogens with one attached hydrogen (secondary N) is 1. The van der Waals surface area contributed by atoms with E-state index in [-0.39, 0.29) is 36.3 Å². The lowest BCUT2D eigenvalue weighted by Gasteiger charge is -2.46. The van der Waals surface area contributed by atoms with Crippen molar-refractivity contribution in [2.24, 2.45) is 17.1 Å². The summed E-state index contributed by atoms with van der Waals surface area (Å²) >= 11 is 0. The molecule has 0 aromatic heterocycles. The van der Waals surface area contributed by atoms with E-state index in [1.54, 1.807) is 0 Å². The molecule has 1 rings (SSSR count). The molecule has 140 valence electrons. The van der Waals surface area contributed by atoms with Crippen molar-refractivity contribution in [3.63, 3.8) is 0 Å². The molecule has 23 heavy (non-hydrogen) atoms. The van der Waals surface area contributed by atoms with Crippen LogP contribution in [0.2, 0.25) is 0 Å². The van der Waals surface area contributed by atoms with Crippen molar-refractivity contribution in [3.8, 4) is 0 Å². The van der Waals surface area contributed by atoms with Crippen molar-refractivity contribution in [2.75, 3.05) is 27.2 Å². The molecule has 0 aromatic rings. The summed E-state index contributed by atoms with van der Waals surface area (Å²) < 4.78 is 0. The third kappa shape index (κ3) is 5.77. The number of carbonyl (C=O) groups is 1. The molecule has 0 aromatic carbocycles. The van der Waals surface area contributed by atoms with E-state index in [1.807, 2.05) is 0 Å². The number of hydrogen-bond acceptors (Lipinski definition) is 3. The second-order valence-corrected chi connectivity index (χ2v) is 7.19. The molecule has 0 spiro atoms. The molecule has 6 heteroatoms. The number of halogens is 2. The summed E-state index contributed by atoms with van der Waals surface area (Å²) in [6, 6.07) is 0. The first kappa shape index (κ1) is 25.2. The van der Waals surface area contributed by atoms with Crippen LogP contribution in [-0.2, 0) is 4.79 Å². The van der Waals surface area contributed by atoms with Crippen LogP contribution in [0.4, 0.5) is 0 Å². The van der Waals surface area contributed by atoms with Crippen molar-refractivity contribution < 1.29 is 4.79 Å². The van der Waals surface area contributed by atoms with Crippen LogP contribution in [0.25, 0.3) is 0 Å². The molecule has 1 aliphatic carbocycles. The summed E-state index contributed by atoms with van der Waals surface area (Å²) in [5, 5.41) is 3.23. The largest absolute Gasteiger partial charge is 0.354 e. The van der Waals surface area contributed by atoms with Gasteiger partial charge in [-0.25, -0.2) is 0 Å². The lowest BCUT2D eigenvalue weighted by atomic mass is 9.75. The van der Waals surface area contributed by atoms with Crippen molar-refractivity contribution in [2.45, 2.75) is 64.8 Å². The zero-order chi connectivity index (χ0) is 16.1. The minimum Gasteiger partial charge on any atom is -0.354 e. The number of carbonyl (C=O) groups excluding carboxylic acids is 1. The lowest BCUT2D eigenvalue weighted by Crippen LogP contribution is -2.57. The van der Waals surface area contributed by atoms with E-state index in [0.717, 1.165) is 31.7 Å². The van der Waals surface area contributed by atoms with Gasteiger partial charge in [0.25, 0.3) is 0 Å². The zero-order valence-electron chi connectivity index (χ0n) is 15.5. The van der Waals surface area contributed by atoms with Gasteiger partial charge >= 0.3 is 0 Å². The fourth-order valence-corrected chi connectivity index (χ4v) is 3.74. The van der Waals surface area contributed by atoms with Crippen molar-refractivity contribution in [1.82, 2.24) is 10.2 Å². The highest BCUT2D eigenvalue weighted by atomic mass is 35.5. The Morgan fingerprint density at radius 1 is 1.30 bits per heavy atom. The number of rotatable bonds is 7. The van der Waals surface area contributed by atoms with Crippen LogP contribution in [-0.4, -0.2) is 43.5 Å². The lowest BCUT2D eigenvalue weighted by molar-refractivity contribution is -0.131. The Kier molecular flexibility index (Phi) is 11.8. The van der Waals surface area contributed by atoms with E-state index in [2.05, 4.69) is 45.1 Å². The Balaban J connectivity index is 0. The Labute approximate surface area is 155 Å². The van der Waals surface area contributed by atoms with Crippen LogP contribution < -0.4 is 11.1 Å². The first-order valence-electron chi connectivity index (χ1n) is 8.51. The molecule has 1 aliphatic rings. The number of likely N-dealkylation sites (N-methyl/N-ethyl adjacent to an activating group) is 1. The number of hydrogen-bond donors (Lipinski definition) is 2. The predicted molar refractivity (Wildman–Crippen MR) is 104 cm³/mol. The van der Waals surface area contributed by atoms with Gasteiger partial charge in [0.05, 0.1) is 5.41 Å². The quantitative estimate of drug-likeness (QED) is 0.723. The zero-order valence-corrected chi connectivity index (χ0v) is 17.1. The number of nitrogens with zero attached hydrogens (tertiary/aromatic N) is 1. The van der Waals surface area contributed by atoms with Crippen LogP contribution in [0.5, 0.6) is 0 Å². The maximum Gasteiger partial charge on any atom is 0.227 e. The van der Waals surface area contributed by atoms with Gasteiger partial charge in [0.2, 0.25) is 5.91 Å². The van der Waals surface area contributed by atoms with Gasteiger partial charge in [-0.05, 0) is 45.7 Å². The second-order valence-electron chi connectivity index (χ2n) is 7.19. The average Bonchev–Trinajstić information content (AvgIpc) is 2.47.